The minimum Gasteiger partial charge on any atom is -0.469 e. The first kappa shape index (κ1) is 30.7. The Bertz CT molecular complexity index is 1480. The first-order valence-corrected chi connectivity index (χ1v) is 11.9. The summed E-state index contributed by atoms with van der Waals surface area (Å²) in [5.74, 6) is -0.952. The van der Waals surface area contributed by atoms with Crippen LogP contribution in [-0.4, -0.2) is 49.9 Å². The molecule has 2 heterocycles. The van der Waals surface area contributed by atoms with Crippen molar-refractivity contribution in [2.75, 3.05) is 14.2 Å². The molecule has 39 heavy (non-hydrogen) atoms. The molecule has 0 saturated heterocycles. The average Bonchev–Trinajstić information content (AvgIpc) is 2.91. The molecule has 0 aliphatic heterocycles. The quantitative estimate of drug-likeness (QED) is 0.303. The molecule has 2 aromatic heterocycles. The lowest BCUT2D eigenvalue weighted by atomic mass is 10.1. The van der Waals surface area contributed by atoms with Gasteiger partial charge < -0.3 is 14.9 Å². The van der Waals surface area contributed by atoms with E-state index in [0.717, 1.165) is 9.13 Å². The van der Waals surface area contributed by atoms with Crippen molar-refractivity contribution in [1.82, 2.24) is 18.3 Å². The van der Waals surface area contributed by atoms with E-state index >= 15 is 0 Å². The molecule has 3 rings (SSSR count). The van der Waals surface area contributed by atoms with Gasteiger partial charge in [-0.25, -0.2) is 9.59 Å². The number of aryl methyl sites for hydroxylation is 4. The Hall–Kier alpha value is -4.52. The van der Waals surface area contributed by atoms with Gasteiger partial charge >= 0.3 is 23.3 Å². The van der Waals surface area contributed by atoms with Crippen LogP contribution in [0.4, 0.5) is 0 Å². The van der Waals surface area contributed by atoms with Gasteiger partial charge in [-0.3, -0.25) is 37.4 Å². The van der Waals surface area contributed by atoms with Crippen molar-refractivity contribution in [3.05, 3.63) is 101 Å². The monoisotopic (exact) mass is 544 g/mol. The number of esters is 2. The van der Waals surface area contributed by atoms with E-state index in [1.54, 1.807) is 38.1 Å². The van der Waals surface area contributed by atoms with Gasteiger partial charge in [-0.2, -0.15) is 0 Å². The second-order valence-electron chi connectivity index (χ2n) is 8.83. The molecule has 1 aromatic carbocycles. The highest BCUT2D eigenvalue weighted by molar-refractivity contribution is 5.69. The van der Waals surface area contributed by atoms with Crippen LogP contribution in [0.5, 0.6) is 0 Å². The van der Waals surface area contributed by atoms with E-state index in [-0.39, 0.29) is 44.5 Å². The van der Waals surface area contributed by atoms with E-state index < -0.39 is 34.4 Å². The van der Waals surface area contributed by atoms with Crippen LogP contribution in [0.1, 0.15) is 35.1 Å². The van der Waals surface area contributed by atoms with Crippen molar-refractivity contribution in [3.8, 4) is 0 Å². The minimum atomic E-state index is -0.571. The van der Waals surface area contributed by atoms with Crippen molar-refractivity contribution in [3.63, 3.8) is 0 Å². The molecule has 3 aromatic rings. The summed E-state index contributed by atoms with van der Waals surface area (Å²) in [6.45, 7) is 3.20. The minimum absolute atomic E-state index is 0. The summed E-state index contributed by atoms with van der Waals surface area (Å²) in [6, 6.07) is 6.87. The lowest BCUT2D eigenvalue weighted by Crippen LogP contribution is -2.41. The molecule has 0 spiro atoms. The summed E-state index contributed by atoms with van der Waals surface area (Å²) in [5, 5.41) is 0. The van der Waals surface area contributed by atoms with Gasteiger partial charge in [-0.1, -0.05) is 24.3 Å². The van der Waals surface area contributed by atoms with Crippen LogP contribution in [0.3, 0.4) is 0 Å². The first-order valence-electron chi connectivity index (χ1n) is 11.9. The highest BCUT2D eigenvalue weighted by Crippen LogP contribution is 2.08. The Labute approximate surface area is 222 Å². The largest absolute Gasteiger partial charge is 0.469 e. The van der Waals surface area contributed by atoms with Gasteiger partial charge in [0.25, 0.3) is 11.1 Å². The molecule has 0 atom stereocenters. The lowest BCUT2D eigenvalue weighted by molar-refractivity contribution is -0.141. The normalized spacial score (nSPS) is 10.6. The molecule has 0 saturated carbocycles. The maximum atomic E-state index is 13.0. The van der Waals surface area contributed by atoms with Gasteiger partial charge in [0.2, 0.25) is 0 Å². The van der Waals surface area contributed by atoms with E-state index in [9.17, 15) is 28.8 Å². The second-order valence-corrected chi connectivity index (χ2v) is 8.83. The zero-order valence-electron chi connectivity index (χ0n) is 22.3. The van der Waals surface area contributed by atoms with Crippen LogP contribution in [0.2, 0.25) is 0 Å². The maximum Gasteiger partial charge on any atom is 0.331 e. The lowest BCUT2D eigenvalue weighted by Gasteiger charge is -2.13. The Balaban J connectivity index is 0.00000533. The fourth-order valence-electron chi connectivity index (χ4n) is 4.02. The topological polar surface area (TPSA) is 172 Å². The molecule has 0 radical (unpaired) electrons. The van der Waals surface area contributed by atoms with Crippen LogP contribution in [0.25, 0.3) is 0 Å². The number of nitrogens with zero attached hydrogens (tertiary/aromatic N) is 4. The van der Waals surface area contributed by atoms with E-state index in [4.69, 9.17) is 0 Å². The summed E-state index contributed by atoms with van der Waals surface area (Å²) in [5.41, 5.74) is -0.168. The molecule has 0 fully saturated rings. The molecule has 0 aliphatic rings. The molecule has 210 valence electrons. The van der Waals surface area contributed by atoms with Crippen LogP contribution in [0.15, 0.2) is 55.8 Å². The Kier molecular flexibility index (Phi) is 10.5. The fourth-order valence-corrected chi connectivity index (χ4v) is 4.02. The number of hydrogen-bond acceptors (Lipinski definition) is 8. The van der Waals surface area contributed by atoms with Crippen molar-refractivity contribution in [1.29, 1.82) is 0 Å². The number of hydrogen-bond donors (Lipinski definition) is 0. The number of carbonyl (C=O) groups excluding carboxylic acids is 2. The second kappa shape index (κ2) is 13.3. The third-order valence-corrected chi connectivity index (χ3v) is 6.06. The predicted octanol–water partition coefficient (Wildman–Crippen LogP) is -0.652. The highest BCUT2D eigenvalue weighted by atomic mass is 16.5. The summed E-state index contributed by atoms with van der Waals surface area (Å²) in [7, 11) is 2.51. The van der Waals surface area contributed by atoms with Crippen molar-refractivity contribution in [2.45, 2.75) is 52.9 Å². The highest BCUT2D eigenvalue weighted by Gasteiger charge is 2.14. The summed E-state index contributed by atoms with van der Waals surface area (Å²) >= 11 is 0. The number of rotatable bonds is 10. The van der Waals surface area contributed by atoms with Crippen LogP contribution < -0.4 is 22.5 Å². The van der Waals surface area contributed by atoms with Gasteiger partial charge in [-0.05, 0) is 25.0 Å². The SMILES string of the molecule is COC(=O)CCn1cc(C)c(=O)n(Cc2cccc(Cn3c(=O)c(C)cn(CCC(=O)OC)c3=O)c2)c1=O.O. The number of ether oxygens (including phenoxy) is 2. The molecule has 0 aliphatic carbocycles. The molecule has 0 amide bonds. The van der Waals surface area contributed by atoms with Crippen molar-refractivity contribution in [2.24, 2.45) is 0 Å². The Morgan fingerprint density at radius 3 is 1.46 bits per heavy atom. The molecule has 2 N–H and O–H groups in total. The maximum absolute atomic E-state index is 13.0. The zero-order valence-corrected chi connectivity index (χ0v) is 22.3. The van der Waals surface area contributed by atoms with E-state index in [1.165, 1.54) is 35.7 Å². The summed E-state index contributed by atoms with van der Waals surface area (Å²) in [4.78, 5) is 74.4. The third-order valence-electron chi connectivity index (χ3n) is 6.06. The first-order chi connectivity index (χ1) is 18.0. The number of carbonyl (C=O) groups is 2. The Morgan fingerprint density at radius 1 is 0.718 bits per heavy atom. The molecular formula is C26H32N4O9. The van der Waals surface area contributed by atoms with Gasteiger partial charge in [0.15, 0.2) is 0 Å². The van der Waals surface area contributed by atoms with E-state index in [1.807, 2.05) is 0 Å². The van der Waals surface area contributed by atoms with Gasteiger partial charge in [0, 0.05) is 36.6 Å². The zero-order chi connectivity index (χ0) is 28.0. The fraction of sp³-hybridized carbons (Fsp3) is 0.385. The molecule has 13 nitrogen and oxygen atoms in total. The number of aromatic nitrogens is 4. The van der Waals surface area contributed by atoms with Crippen molar-refractivity contribution >= 4 is 11.9 Å². The number of benzene rings is 1. The van der Waals surface area contributed by atoms with E-state index in [2.05, 4.69) is 9.47 Å². The van der Waals surface area contributed by atoms with Crippen LogP contribution in [0, 0.1) is 13.8 Å². The third kappa shape index (κ3) is 7.29. The average molecular weight is 545 g/mol. The standard InChI is InChI=1S/C26H30N4O8.H2O/c1-17-13-27(10-8-21(31)37-3)25(35)29(23(17)33)15-19-6-5-7-20(12-19)16-30-24(34)18(2)14-28(26(30)36)11-9-22(32)38-4;/h5-7,12-14H,8-11,15-16H2,1-4H3;1H2. The van der Waals surface area contributed by atoms with Crippen molar-refractivity contribution < 1.29 is 24.5 Å². The molecule has 13 heteroatoms. The predicted molar refractivity (Wildman–Crippen MR) is 141 cm³/mol. The molecular weight excluding hydrogens is 512 g/mol. The van der Waals surface area contributed by atoms with E-state index in [0.29, 0.717) is 22.3 Å². The molecule has 0 bridgehead atoms. The smallest absolute Gasteiger partial charge is 0.331 e. The molecule has 0 unspecified atom stereocenters. The van der Waals surface area contributed by atoms with Gasteiger partial charge in [-0.15, -0.1) is 0 Å². The Morgan fingerprint density at radius 2 is 1.10 bits per heavy atom. The van der Waals surface area contributed by atoms with Gasteiger partial charge in [0.1, 0.15) is 0 Å². The van der Waals surface area contributed by atoms with Gasteiger partial charge in [0.05, 0.1) is 40.2 Å². The van der Waals surface area contributed by atoms with Crippen LogP contribution >= 0.6 is 0 Å². The van der Waals surface area contributed by atoms with Crippen LogP contribution in [-0.2, 0) is 45.2 Å². The summed E-state index contributed by atoms with van der Waals surface area (Å²) < 4.78 is 14.0. The number of methoxy groups -OCH3 is 2. The summed E-state index contributed by atoms with van der Waals surface area (Å²) in [6.07, 6.45) is 2.78.